The highest BCUT2D eigenvalue weighted by molar-refractivity contribution is 6.30. The predicted octanol–water partition coefficient (Wildman–Crippen LogP) is -1.63. The molecule has 56 valence electrons. The van der Waals surface area contributed by atoms with E-state index in [-0.39, 0.29) is 0 Å². The molecule has 1 aromatic heterocycles. The van der Waals surface area contributed by atoms with E-state index >= 15 is 0 Å². The Morgan fingerprint density at radius 3 is 2.00 bits per heavy atom. The second-order valence-electron chi connectivity index (χ2n) is 1.53. The van der Waals surface area contributed by atoms with Gasteiger partial charge in [0, 0.05) is 19.4 Å². The molecule has 6 heteroatoms. The van der Waals surface area contributed by atoms with Crippen LogP contribution in [0.1, 0.15) is 0 Å². The molecule has 0 fully saturated rings. The Hall–Kier alpha value is -0.845. The first-order valence-corrected chi connectivity index (χ1v) is 2.60. The Balaban J connectivity index is 0.000000180. The molecule has 0 saturated heterocycles. The van der Waals surface area contributed by atoms with Crippen LogP contribution in [-0.4, -0.2) is 32.2 Å². The first-order valence-electron chi connectivity index (χ1n) is 2.60. The second-order valence-corrected chi connectivity index (χ2v) is 1.53. The van der Waals surface area contributed by atoms with Crippen molar-refractivity contribution in [3.8, 4) is 0 Å². The van der Waals surface area contributed by atoms with Crippen LogP contribution >= 0.6 is 0 Å². The smallest absolute Gasteiger partial charge is 0.402 e. The molecule has 0 bridgehead atoms. The lowest BCUT2D eigenvalue weighted by Crippen LogP contribution is -2.07. The van der Waals surface area contributed by atoms with Gasteiger partial charge in [0.05, 0.1) is 0 Å². The van der Waals surface area contributed by atoms with E-state index in [2.05, 4.69) is 5.10 Å². The summed E-state index contributed by atoms with van der Waals surface area (Å²) in [6.07, 6.45) is 3.64. The van der Waals surface area contributed by atoms with E-state index < -0.39 is 7.32 Å². The van der Waals surface area contributed by atoms with Crippen molar-refractivity contribution in [3.05, 3.63) is 18.5 Å². The van der Waals surface area contributed by atoms with Gasteiger partial charge in [-0.2, -0.15) is 5.10 Å². The van der Waals surface area contributed by atoms with E-state index in [1.54, 1.807) is 10.9 Å². The molecule has 0 saturated carbocycles. The topological polar surface area (TPSA) is 78.5 Å². The van der Waals surface area contributed by atoms with Crippen molar-refractivity contribution in [2.24, 2.45) is 7.05 Å². The van der Waals surface area contributed by atoms with Crippen LogP contribution in [0.25, 0.3) is 0 Å². The predicted molar refractivity (Wildman–Crippen MR) is 35.6 cm³/mol. The molecule has 0 amide bonds. The van der Waals surface area contributed by atoms with Crippen molar-refractivity contribution in [3.63, 3.8) is 0 Å². The van der Waals surface area contributed by atoms with Gasteiger partial charge >= 0.3 is 7.32 Å². The van der Waals surface area contributed by atoms with E-state index in [1.807, 2.05) is 19.3 Å². The summed E-state index contributed by atoms with van der Waals surface area (Å²) in [5.41, 5.74) is 0. The molecule has 0 spiro atoms. The van der Waals surface area contributed by atoms with Crippen molar-refractivity contribution in [1.82, 2.24) is 9.78 Å². The molecule has 0 aliphatic heterocycles. The summed E-state index contributed by atoms with van der Waals surface area (Å²) in [5.74, 6) is 0. The Kier molecular flexibility index (Phi) is 4.56. The third-order valence-corrected chi connectivity index (χ3v) is 0.637. The molecular formula is C4H9BN2O3. The number of nitrogens with zero attached hydrogens (tertiary/aromatic N) is 2. The first-order chi connectivity index (χ1) is 4.63. The van der Waals surface area contributed by atoms with Crippen LogP contribution in [0, 0.1) is 0 Å². The largest absolute Gasteiger partial charge is 0.631 e. The molecule has 1 rings (SSSR count). The van der Waals surface area contributed by atoms with Crippen LogP contribution < -0.4 is 0 Å². The summed E-state index contributed by atoms with van der Waals surface area (Å²) >= 11 is 0. The molecule has 1 aromatic rings. The number of hydrogen-bond acceptors (Lipinski definition) is 4. The van der Waals surface area contributed by atoms with Gasteiger partial charge in [0.25, 0.3) is 0 Å². The third-order valence-electron chi connectivity index (χ3n) is 0.637. The number of hydrogen-bond donors (Lipinski definition) is 3. The van der Waals surface area contributed by atoms with Gasteiger partial charge in [0.2, 0.25) is 0 Å². The van der Waals surface area contributed by atoms with Crippen LogP contribution in [0.3, 0.4) is 0 Å². The minimum atomic E-state index is -2.17. The van der Waals surface area contributed by atoms with Crippen LogP contribution in [0.5, 0.6) is 0 Å². The summed E-state index contributed by atoms with van der Waals surface area (Å²) in [4.78, 5) is 0. The Bertz CT molecular complexity index is 151. The summed E-state index contributed by atoms with van der Waals surface area (Å²) in [5, 5.41) is 25.3. The molecule has 5 nitrogen and oxygen atoms in total. The summed E-state index contributed by atoms with van der Waals surface area (Å²) in [6, 6.07) is 1.89. The van der Waals surface area contributed by atoms with Crippen LogP contribution in [0.4, 0.5) is 0 Å². The van der Waals surface area contributed by atoms with Gasteiger partial charge in [-0.15, -0.1) is 0 Å². The third kappa shape index (κ3) is 7.15. The fraction of sp³-hybridized carbons (Fsp3) is 0.250. The highest BCUT2D eigenvalue weighted by atomic mass is 16.5. The van der Waals surface area contributed by atoms with Gasteiger partial charge in [0.1, 0.15) is 0 Å². The van der Waals surface area contributed by atoms with Crippen molar-refractivity contribution in [2.45, 2.75) is 0 Å². The maximum absolute atomic E-state index is 7.17. The number of aryl methyl sites for hydroxylation is 1. The lowest BCUT2D eigenvalue weighted by atomic mass is 10.3. The molecule has 0 aromatic carbocycles. The standard InChI is InChI=1S/C4H6N2.BH3O3/c1-6-4-2-3-5-6;2-1(3)4/h2-4H,1H3;2-4H. The summed E-state index contributed by atoms with van der Waals surface area (Å²) in [7, 11) is -0.278. The fourth-order valence-electron chi connectivity index (χ4n) is 0.345. The first kappa shape index (κ1) is 9.15. The highest BCUT2D eigenvalue weighted by Gasteiger charge is 1.92. The van der Waals surface area contributed by atoms with Crippen molar-refractivity contribution in [1.29, 1.82) is 0 Å². The molecule has 0 aliphatic carbocycles. The molecule has 10 heavy (non-hydrogen) atoms. The van der Waals surface area contributed by atoms with Crippen LogP contribution in [0.15, 0.2) is 18.5 Å². The summed E-state index contributed by atoms with van der Waals surface area (Å²) < 4.78 is 1.75. The Labute approximate surface area is 58.7 Å². The van der Waals surface area contributed by atoms with Gasteiger partial charge in [-0.25, -0.2) is 0 Å². The maximum atomic E-state index is 7.17. The maximum Gasteiger partial charge on any atom is 0.631 e. The molecule has 1 heterocycles. The van der Waals surface area contributed by atoms with Crippen LogP contribution in [-0.2, 0) is 7.05 Å². The molecule has 0 aliphatic rings. The highest BCUT2D eigenvalue weighted by Crippen LogP contribution is 1.73. The minimum absolute atomic E-state index is 1.75. The lowest BCUT2D eigenvalue weighted by Gasteiger charge is -1.77. The van der Waals surface area contributed by atoms with Gasteiger partial charge in [-0.1, -0.05) is 0 Å². The van der Waals surface area contributed by atoms with Crippen LogP contribution in [0.2, 0.25) is 0 Å². The Morgan fingerprint density at radius 2 is 1.90 bits per heavy atom. The van der Waals surface area contributed by atoms with Crippen molar-refractivity contribution >= 4 is 7.32 Å². The van der Waals surface area contributed by atoms with Crippen molar-refractivity contribution in [2.75, 3.05) is 0 Å². The zero-order valence-electron chi connectivity index (χ0n) is 5.55. The summed E-state index contributed by atoms with van der Waals surface area (Å²) in [6.45, 7) is 0. The monoisotopic (exact) mass is 144 g/mol. The SMILES string of the molecule is Cn1cccn1.OB(O)O. The molecule has 3 N–H and O–H groups in total. The van der Waals surface area contributed by atoms with Gasteiger partial charge < -0.3 is 15.1 Å². The van der Waals surface area contributed by atoms with Crippen molar-refractivity contribution < 1.29 is 15.1 Å². The average Bonchev–Trinajstić information content (AvgIpc) is 2.15. The second kappa shape index (κ2) is 4.98. The zero-order chi connectivity index (χ0) is 7.98. The quantitative estimate of drug-likeness (QED) is 0.382. The van der Waals surface area contributed by atoms with Gasteiger partial charge in [0.15, 0.2) is 0 Å². The normalized spacial score (nSPS) is 8.00. The van der Waals surface area contributed by atoms with Gasteiger partial charge in [-0.3, -0.25) is 4.68 Å². The van der Waals surface area contributed by atoms with E-state index in [0.717, 1.165) is 0 Å². The van der Waals surface area contributed by atoms with E-state index in [9.17, 15) is 0 Å². The van der Waals surface area contributed by atoms with E-state index in [0.29, 0.717) is 0 Å². The Morgan fingerprint density at radius 1 is 1.40 bits per heavy atom. The average molecular weight is 144 g/mol. The van der Waals surface area contributed by atoms with Gasteiger partial charge in [-0.05, 0) is 6.07 Å². The molecule has 0 atom stereocenters. The molecule has 0 radical (unpaired) electrons. The number of aromatic nitrogens is 2. The minimum Gasteiger partial charge on any atom is -0.402 e. The zero-order valence-corrected chi connectivity index (χ0v) is 5.55. The molecule has 0 unspecified atom stereocenters. The fourth-order valence-corrected chi connectivity index (χ4v) is 0.345. The molecular weight excluding hydrogens is 135 g/mol. The lowest BCUT2D eigenvalue weighted by molar-refractivity contribution is 0.278. The number of rotatable bonds is 0. The van der Waals surface area contributed by atoms with E-state index in [1.165, 1.54) is 0 Å². The van der Waals surface area contributed by atoms with E-state index in [4.69, 9.17) is 15.1 Å².